The summed E-state index contributed by atoms with van der Waals surface area (Å²) >= 11 is 5.37. The zero-order valence-corrected chi connectivity index (χ0v) is 15.8. The van der Waals surface area contributed by atoms with Crippen molar-refractivity contribution in [2.24, 2.45) is 5.92 Å². The van der Waals surface area contributed by atoms with Gasteiger partial charge in [-0.3, -0.25) is 0 Å². The van der Waals surface area contributed by atoms with Gasteiger partial charge in [0.2, 0.25) is 0 Å². The largest absolute Gasteiger partial charge is 0.358 e. The molecule has 2 aromatic rings. The predicted octanol–water partition coefficient (Wildman–Crippen LogP) is 4.11. The number of aromatic nitrogens is 1. The molecule has 0 unspecified atom stereocenters. The van der Waals surface area contributed by atoms with Gasteiger partial charge in [0.15, 0.2) is 5.11 Å². The van der Waals surface area contributed by atoms with Crippen molar-refractivity contribution in [1.82, 2.24) is 10.3 Å². The lowest BCUT2D eigenvalue weighted by atomic mass is 10.0. The SMILES string of the molecule is Cc1ccc(CNC(=S)Nc2ccc(N3CCC[C@@H](C)C3)nc2)cc1. The number of pyridine rings is 1. The van der Waals surface area contributed by atoms with Gasteiger partial charge in [-0.1, -0.05) is 36.8 Å². The van der Waals surface area contributed by atoms with Crippen molar-refractivity contribution in [1.29, 1.82) is 0 Å². The fraction of sp³-hybridized carbons (Fsp3) is 0.400. The number of anilines is 2. The average molecular weight is 355 g/mol. The fourth-order valence-electron chi connectivity index (χ4n) is 3.11. The summed E-state index contributed by atoms with van der Waals surface area (Å²) in [5.74, 6) is 1.79. The monoisotopic (exact) mass is 354 g/mol. The van der Waals surface area contributed by atoms with E-state index in [9.17, 15) is 0 Å². The molecule has 1 fully saturated rings. The molecule has 2 heterocycles. The van der Waals surface area contributed by atoms with E-state index < -0.39 is 0 Å². The number of nitrogens with one attached hydrogen (secondary N) is 2. The van der Waals surface area contributed by atoms with Crippen LogP contribution in [0.25, 0.3) is 0 Å². The van der Waals surface area contributed by atoms with E-state index in [0.29, 0.717) is 11.7 Å². The number of nitrogens with zero attached hydrogens (tertiary/aromatic N) is 2. The van der Waals surface area contributed by atoms with Crippen LogP contribution in [-0.4, -0.2) is 23.2 Å². The predicted molar refractivity (Wildman–Crippen MR) is 109 cm³/mol. The second-order valence-electron chi connectivity index (χ2n) is 6.89. The number of piperidine rings is 1. The molecular weight excluding hydrogens is 328 g/mol. The molecule has 1 aromatic carbocycles. The molecule has 2 N–H and O–H groups in total. The summed E-state index contributed by atoms with van der Waals surface area (Å²) in [5.41, 5.74) is 3.39. The first kappa shape index (κ1) is 17.7. The molecule has 25 heavy (non-hydrogen) atoms. The zero-order valence-electron chi connectivity index (χ0n) is 15.0. The fourth-order valence-corrected chi connectivity index (χ4v) is 3.30. The second-order valence-corrected chi connectivity index (χ2v) is 7.30. The van der Waals surface area contributed by atoms with Crippen LogP contribution in [0.4, 0.5) is 11.5 Å². The van der Waals surface area contributed by atoms with Gasteiger partial charge >= 0.3 is 0 Å². The van der Waals surface area contributed by atoms with E-state index in [2.05, 4.69) is 64.7 Å². The molecule has 5 heteroatoms. The van der Waals surface area contributed by atoms with Crippen molar-refractivity contribution in [2.75, 3.05) is 23.3 Å². The van der Waals surface area contributed by atoms with Crippen LogP contribution in [0.1, 0.15) is 30.9 Å². The minimum absolute atomic E-state index is 0.613. The molecule has 1 aliphatic heterocycles. The highest BCUT2D eigenvalue weighted by molar-refractivity contribution is 7.80. The highest BCUT2D eigenvalue weighted by Crippen LogP contribution is 2.22. The Morgan fingerprint density at radius 2 is 2.04 bits per heavy atom. The van der Waals surface area contributed by atoms with Crippen LogP contribution < -0.4 is 15.5 Å². The summed E-state index contributed by atoms with van der Waals surface area (Å²) in [7, 11) is 0. The number of aryl methyl sites for hydroxylation is 1. The van der Waals surface area contributed by atoms with Gasteiger partial charge in [0.05, 0.1) is 11.9 Å². The minimum Gasteiger partial charge on any atom is -0.358 e. The first-order chi connectivity index (χ1) is 12.1. The Labute approximate surface area is 155 Å². The molecule has 0 aliphatic carbocycles. The number of benzene rings is 1. The summed E-state index contributed by atoms with van der Waals surface area (Å²) in [6.07, 6.45) is 4.42. The highest BCUT2D eigenvalue weighted by Gasteiger charge is 2.17. The lowest BCUT2D eigenvalue weighted by Crippen LogP contribution is -2.34. The topological polar surface area (TPSA) is 40.2 Å². The lowest BCUT2D eigenvalue weighted by molar-refractivity contribution is 0.444. The molecule has 1 aromatic heterocycles. The Morgan fingerprint density at radius 3 is 2.72 bits per heavy atom. The molecule has 0 radical (unpaired) electrons. The Hall–Kier alpha value is -2.14. The molecule has 0 bridgehead atoms. The van der Waals surface area contributed by atoms with Crippen molar-refractivity contribution in [2.45, 2.75) is 33.2 Å². The van der Waals surface area contributed by atoms with E-state index in [-0.39, 0.29) is 0 Å². The van der Waals surface area contributed by atoms with Gasteiger partial charge in [-0.2, -0.15) is 0 Å². The van der Waals surface area contributed by atoms with Crippen LogP contribution in [0.2, 0.25) is 0 Å². The quantitative estimate of drug-likeness (QED) is 0.809. The minimum atomic E-state index is 0.613. The number of hydrogen-bond donors (Lipinski definition) is 2. The molecule has 1 atom stereocenters. The van der Waals surface area contributed by atoms with Crippen LogP contribution in [0.3, 0.4) is 0 Å². The van der Waals surface area contributed by atoms with Gasteiger partial charge in [0, 0.05) is 19.6 Å². The van der Waals surface area contributed by atoms with Gasteiger partial charge in [-0.25, -0.2) is 4.98 Å². The van der Waals surface area contributed by atoms with E-state index in [1.807, 2.05) is 12.3 Å². The summed E-state index contributed by atoms with van der Waals surface area (Å²) in [5, 5.41) is 7.05. The highest BCUT2D eigenvalue weighted by atomic mass is 32.1. The Morgan fingerprint density at radius 1 is 1.24 bits per heavy atom. The van der Waals surface area contributed by atoms with Crippen LogP contribution in [0, 0.1) is 12.8 Å². The third kappa shape index (κ3) is 5.16. The van der Waals surface area contributed by atoms with E-state index in [1.165, 1.54) is 24.0 Å². The third-order valence-electron chi connectivity index (χ3n) is 4.56. The smallest absolute Gasteiger partial charge is 0.171 e. The number of thiocarbonyl (C=S) groups is 1. The Kier molecular flexibility index (Phi) is 5.87. The van der Waals surface area contributed by atoms with Gasteiger partial charge in [0.25, 0.3) is 0 Å². The molecule has 3 rings (SSSR count). The first-order valence-electron chi connectivity index (χ1n) is 8.91. The maximum atomic E-state index is 5.37. The second kappa shape index (κ2) is 8.30. The van der Waals surface area contributed by atoms with Crippen molar-refractivity contribution >= 4 is 28.8 Å². The summed E-state index contributed by atoms with van der Waals surface area (Å²) in [6.45, 7) is 7.30. The van der Waals surface area contributed by atoms with Crippen molar-refractivity contribution in [3.05, 3.63) is 53.7 Å². The normalized spacial score (nSPS) is 17.2. The molecule has 0 amide bonds. The maximum Gasteiger partial charge on any atom is 0.171 e. The van der Waals surface area contributed by atoms with Crippen LogP contribution >= 0.6 is 12.2 Å². The van der Waals surface area contributed by atoms with Crippen LogP contribution in [0.15, 0.2) is 42.6 Å². The Bertz CT molecular complexity index is 697. The maximum absolute atomic E-state index is 5.37. The molecule has 4 nitrogen and oxygen atoms in total. The van der Waals surface area contributed by atoms with Gasteiger partial charge in [-0.15, -0.1) is 0 Å². The molecule has 1 saturated heterocycles. The van der Waals surface area contributed by atoms with Gasteiger partial charge in [0.1, 0.15) is 5.82 Å². The van der Waals surface area contributed by atoms with E-state index in [4.69, 9.17) is 12.2 Å². The molecule has 0 saturated carbocycles. The van der Waals surface area contributed by atoms with Crippen molar-refractivity contribution in [3.63, 3.8) is 0 Å². The first-order valence-corrected chi connectivity index (χ1v) is 9.32. The van der Waals surface area contributed by atoms with Crippen molar-refractivity contribution < 1.29 is 0 Å². The standard InChI is InChI=1S/C20H26N4S/c1-15-5-7-17(8-6-15)12-22-20(25)23-18-9-10-19(21-13-18)24-11-3-4-16(2)14-24/h5-10,13,16H,3-4,11-12,14H2,1-2H3,(H2,22,23,25)/t16-/m1/s1. The molecule has 1 aliphatic rings. The molecular formula is C20H26N4S. The Balaban J connectivity index is 1.50. The van der Waals surface area contributed by atoms with Crippen LogP contribution in [0.5, 0.6) is 0 Å². The number of hydrogen-bond acceptors (Lipinski definition) is 3. The molecule has 0 spiro atoms. The summed E-state index contributed by atoms with van der Waals surface area (Å²) in [4.78, 5) is 6.96. The van der Waals surface area contributed by atoms with E-state index in [0.717, 1.165) is 30.5 Å². The lowest BCUT2D eigenvalue weighted by Gasteiger charge is -2.31. The summed E-state index contributed by atoms with van der Waals surface area (Å²) < 4.78 is 0. The third-order valence-corrected chi connectivity index (χ3v) is 4.81. The van der Waals surface area contributed by atoms with E-state index in [1.54, 1.807) is 0 Å². The zero-order chi connectivity index (χ0) is 17.6. The molecule has 132 valence electrons. The number of rotatable bonds is 4. The van der Waals surface area contributed by atoms with E-state index >= 15 is 0 Å². The van der Waals surface area contributed by atoms with Crippen LogP contribution in [-0.2, 0) is 6.54 Å². The average Bonchev–Trinajstić information content (AvgIpc) is 2.62. The van der Waals surface area contributed by atoms with Gasteiger partial charge < -0.3 is 15.5 Å². The van der Waals surface area contributed by atoms with Crippen molar-refractivity contribution in [3.8, 4) is 0 Å². The summed E-state index contributed by atoms with van der Waals surface area (Å²) in [6, 6.07) is 12.6. The van der Waals surface area contributed by atoms with Gasteiger partial charge in [-0.05, 0) is 55.6 Å².